The molecule has 0 aromatic carbocycles. The van der Waals surface area contributed by atoms with Crippen LogP contribution >= 0.6 is 0 Å². The fourth-order valence-electron chi connectivity index (χ4n) is 1.76. The molecular weight excluding hydrogens is 252 g/mol. The van der Waals surface area contributed by atoms with Gasteiger partial charge < -0.3 is 10.6 Å². The van der Waals surface area contributed by atoms with Gasteiger partial charge in [-0.3, -0.25) is 9.78 Å². The van der Waals surface area contributed by atoms with Gasteiger partial charge in [0, 0.05) is 37.9 Å². The SMILES string of the molecule is CC(C)C(N)CC(=O)N(CCC#N)Cc1cccnc1. The number of aromatic nitrogens is 1. The molecule has 108 valence electrons. The maximum atomic E-state index is 12.3. The minimum absolute atomic E-state index is 0.00898. The molecule has 1 unspecified atom stereocenters. The lowest BCUT2D eigenvalue weighted by Crippen LogP contribution is -2.38. The van der Waals surface area contributed by atoms with Gasteiger partial charge in [-0.1, -0.05) is 19.9 Å². The van der Waals surface area contributed by atoms with Gasteiger partial charge in [-0.05, 0) is 17.5 Å². The van der Waals surface area contributed by atoms with E-state index in [1.807, 2.05) is 26.0 Å². The molecule has 0 spiro atoms. The van der Waals surface area contributed by atoms with E-state index >= 15 is 0 Å². The molecule has 1 aromatic rings. The third-order valence-corrected chi connectivity index (χ3v) is 3.21. The molecule has 5 nitrogen and oxygen atoms in total. The number of hydrogen-bond acceptors (Lipinski definition) is 4. The first-order valence-electron chi connectivity index (χ1n) is 6.83. The van der Waals surface area contributed by atoms with Crippen molar-refractivity contribution in [3.63, 3.8) is 0 Å². The summed E-state index contributed by atoms with van der Waals surface area (Å²) in [6.45, 7) is 4.89. The molecule has 5 heteroatoms. The zero-order valence-corrected chi connectivity index (χ0v) is 12.1. The van der Waals surface area contributed by atoms with Gasteiger partial charge in [0.1, 0.15) is 0 Å². The van der Waals surface area contributed by atoms with Crippen LogP contribution < -0.4 is 5.73 Å². The third kappa shape index (κ3) is 5.37. The van der Waals surface area contributed by atoms with E-state index in [9.17, 15) is 4.79 Å². The lowest BCUT2D eigenvalue weighted by Gasteiger charge is -2.24. The predicted octanol–water partition coefficient (Wildman–Crippen LogP) is 1.70. The summed E-state index contributed by atoms with van der Waals surface area (Å²) in [5, 5.41) is 8.71. The Balaban J connectivity index is 2.68. The Bertz CT molecular complexity index is 453. The van der Waals surface area contributed by atoms with Gasteiger partial charge in [-0.2, -0.15) is 5.26 Å². The molecule has 0 aliphatic heterocycles. The van der Waals surface area contributed by atoms with Gasteiger partial charge in [0.05, 0.1) is 12.5 Å². The van der Waals surface area contributed by atoms with Crippen LogP contribution in [0.5, 0.6) is 0 Å². The number of amides is 1. The second-order valence-electron chi connectivity index (χ2n) is 5.20. The van der Waals surface area contributed by atoms with Crippen LogP contribution in [0.4, 0.5) is 0 Å². The van der Waals surface area contributed by atoms with E-state index in [-0.39, 0.29) is 17.9 Å². The van der Waals surface area contributed by atoms with E-state index in [1.54, 1.807) is 17.3 Å². The van der Waals surface area contributed by atoms with Crippen molar-refractivity contribution in [2.45, 2.75) is 39.3 Å². The highest BCUT2D eigenvalue weighted by Crippen LogP contribution is 2.10. The van der Waals surface area contributed by atoms with Crippen LogP contribution in [0.1, 0.15) is 32.3 Å². The second kappa shape index (κ2) is 8.28. The molecule has 2 N–H and O–H groups in total. The Morgan fingerprint density at radius 1 is 1.55 bits per heavy atom. The van der Waals surface area contributed by atoms with Crippen molar-refractivity contribution in [2.75, 3.05) is 6.54 Å². The summed E-state index contributed by atoms with van der Waals surface area (Å²) in [7, 11) is 0. The number of nitriles is 1. The van der Waals surface area contributed by atoms with Crippen molar-refractivity contribution in [1.82, 2.24) is 9.88 Å². The first kappa shape index (κ1) is 16.1. The Labute approximate surface area is 120 Å². The molecule has 0 fully saturated rings. The van der Waals surface area contributed by atoms with Crippen molar-refractivity contribution in [2.24, 2.45) is 11.7 Å². The van der Waals surface area contributed by atoms with Crippen LogP contribution in [0, 0.1) is 17.2 Å². The van der Waals surface area contributed by atoms with Gasteiger partial charge in [0.15, 0.2) is 0 Å². The highest BCUT2D eigenvalue weighted by molar-refractivity contribution is 5.76. The summed E-state index contributed by atoms with van der Waals surface area (Å²) in [4.78, 5) is 18.0. The Hall–Kier alpha value is -1.93. The maximum Gasteiger partial charge on any atom is 0.224 e. The molecule has 20 heavy (non-hydrogen) atoms. The van der Waals surface area contributed by atoms with E-state index in [0.717, 1.165) is 5.56 Å². The number of hydrogen-bond donors (Lipinski definition) is 1. The lowest BCUT2D eigenvalue weighted by atomic mass is 10.0. The van der Waals surface area contributed by atoms with Gasteiger partial charge in [-0.15, -0.1) is 0 Å². The third-order valence-electron chi connectivity index (χ3n) is 3.21. The van der Waals surface area contributed by atoms with E-state index < -0.39 is 0 Å². The fraction of sp³-hybridized carbons (Fsp3) is 0.533. The van der Waals surface area contributed by atoms with Crippen molar-refractivity contribution < 1.29 is 4.79 Å². The van der Waals surface area contributed by atoms with Crippen LogP contribution in [0.25, 0.3) is 0 Å². The minimum atomic E-state index is -0.152. The van der Waals surface area contributed by atoms with E-state index in [0.29, 0.717) is 25.9 Å². The Morgan fingerprint density at radius 3 is 2.85 bits per heavy atom. The zero-order valence-electron chi connectivity index (χ0n) is 12.1. The Kier molecular flexibility index (Phi) is 6.68. The summed E-state index contributed by atoms with van der Waals surface area (Å²) >= 11 is 0. The van der Waals surface area contributed by atoms with Crippen LogP contribution in [0.15, 0.2) is 24.5 Å². The molecule has 1 amide bonds. The molecule has 0 radical (unpaired) electrons. The van der Waals surface area contributed by atoms with Crippen molar-refractivity contribution >= 4 is 5.91 Å². The van der Waals surface area contributed by atoms with Gasteiger partial charge in [-0.25, -0.2) is 0 Å². The quantitative estimate of drug-likeness (QED) is 0.820. The predicted molar refractivity (Wildman–Crippen MR) is 77.3 cm³/mol. The summed E-state index contributed by atoms with van der Waals surface area (Å²) < 4.78 is 0. The van der Waals surface area contributed by atoms with Crippen molar-refractivity contribution in [3.05, 3.63) is 30.1 Å². The largest absolute Gasteiger partial charge is 0.337 e. The smallest absolute Gasteiger partial charge is 0.224 e. The van der Waals surface area contributed by atoms with E-state index in [4.69, 9.17) is 11.0 Å². The van der Waals surface area contributed by atoms with Crippen LogP contribution in [-0.4, -0.2) is 28.4 Å². The van der Waals surface area contributed by atoms with Gasteiger partial charge >= 0.3 is 0 Å². The summed E-state index contributed by atoms with van der Waals surface area (Å²) in [6, 6.07) is 5.68. The van der Waals surface area contributed by atoms with Gasteiger partial charge in [0.25, 0.3) is 0 Å². The van der Waals surface area contributed by atoms with Crippen LogP contribution in [0.3, 0.4) is 0 Å². The molecule has 1 rings (SSSR count). The lowest BCUT2D eigenvalue weighted by molar-refractivity contribution is -0.132. The average molecular weight is 274 g/mol. The monoisotopic (exact) mass is 274 g/mol. The number of pyridine rings is 1. The fourth-order valence-corrected chi connectivity index (χ4v) is 1.76. The highest BCUT2D eigenvalue weighted by Gasteiger charge is 2.19. The summed E-state index contributed by atoms with van der Waals surface area (Å²) in [5.41, 5.74) is 6.91. The standard InChI is InChI=1S/C15H22N4O/c1-12(2)14(17)9-15(20)19(8-4-6-16)11-13-5-3-7-18-10-13/h3,5,7,10,12,14H,4,8-9,11,17H2,1-2H3. The summed E-state index contributed by atoms with van der Waals surface area (Å²) in [5.74, 6) is 0.250. The molecule has 0 aliphatic rings. The number of carbonyl (C=O) groups excluding carboxylic acids is 1. The first-order chi connectivity index (χ1) is 9.54. The van der Waals surface area contributed by atoms with E-state index in [2.05, 4.69) is 11.1 Å². The number of rotatable bonds is 7. The summed E-state index contributed by atoms with van der Waals surface area (Å²) in [6.07, 6.45) is 4.06. The second-order valence-corrected chi connectivity index (χ2v) is 5.20. The average Bonchev–Trinajstić information content (AvgIpc) is 2.44. The number of nitrogens with two attached hydrogens (primary N) is 1. The molecule has 0 saturated carbocycles. The molecule has 0 bridgehead atoms. The zero-order chi connectivity index (χ0) is 15.0. The highest BCUT2D eigenvalue weighted by atomic mass is 16.2. The molecule has 1 aromatic heterocycles. The van der Waals surface area contributed by atoms with Crippen molar-refractivity contribution in [1.29, 1.82) is 5.26 Å². The normalized spacial score (nSPS) is 11.9. The molecule has 1 heterocycles. The number of nitrogens with zero attached hydrogens (tertiary/aromatic N) is 3. The van der Waals surface area contributed by atoms with E-state index in [1.165, 1.54) is 0 Å². The Morgan fingerprint density at radius 2 is 2.30 bits per heavy atom. The van der Waals surface area contributed by atoms with Crippen LogP contribution in [0.2, 0.25) is 0 Å². The molecule has 1 atom stereocenters. The van der Waals surface area contributed by atoms with Crippen molar-refractivity contribution in [3.8, 4) is 6.07 Å². The van der Waals surface area contributed by atoms with Gasteiger partial charge in [0.2, 0.25) is 5.91 Å². The minimum Gasteiger partial charge on any atom is -0.337 e. The topological polar surface area (TPSA) is 83.0 Å². The van der Waals surface area contributed by atoms with Crippen LogP contribution in [-0.2, 0) is 11.3 Å². The molecule has 0 aliphatic carbocycles. The molecule has 0 saturated heterocycles. The first-order valence-corrected chi connectivity index (χ1v) is 6.83. The maximum absolute atomic E-state index is 12.3. The number of carbonyl (C=O) groups is 1. The molecular formula is C15H22N4O.